The van der Waals surface area contributed by atoms with Crippen LogP contribution < -0.4 is 0 Å². The van der Waals surface area contributed by atoms with Gasteiger partial charge in [0.2, 0.25) is 11.7 Å². The van der Waals surface area contributed by atoms with Gasteiger partial charge >= 0.3 is 5.97 Å². The highest BCUT2D eigenvalue weighted by Crippen LogP contribution is 2.31. The highest BCUT2D eigenvalue weighted by molar-refractivity contribution is 9.10. The first kappa shape index (κ1) is 14.1. The predicted molar refractivity (Wildman–Crippen MR) is 75.3 cm³/mol. The molecule has 1 aromatic carbocycles. The van der Waals surface area contributed by atoms with Crippen molar-refractivity contribution in [3.05, 3.63) is 39.1 Å². The lowest BCUT2D eigenvalue weighted by atomic mass is 10.2. The molecule has 6 heteroatoms. The molecule has 1 aromatic heterocycles. The molecule has 0 atom stereocenters. The number of halogens is 2. The highest BCUT2D eigenvalue weighted by Gasteiger charge is 2.20. The summed E-state index contributed by atoms with van der Waals surface area (Å²) >= 11 is 9.26. The second kappa shape index (κ2) is 5.75. The van der Waals surface area contributed by atoms with Crippen LogP contribution in [-0.2, 0) is 4.74 Å². The number of rotatable bonds is 3. The van der Waals surface area contributed by atoms with Crippen LogP contribution in [0.2, 0.25) is 5.02 Å². The standard InChI is InChI=1S/C13H11BrClNO3/c1-3-18-13(17)11-7(2)16-12(19-11)9-5-4-8(15)6-10(9)14/h4-6H,3H2,1-2H3. The highest BCUT2D eigenvalue weighted by atomic mass is 79.9. The number of hydrogen-bond acceptors (Lipinski definition) is 4. The number of oxazole rings is 1. The molecule has 0 amide bonds. The van der Waals surface area contributed by atoms with Gasteiger partial charge in [-0.15, -0.1) is 0 Å². The summed E-state index contributed by atoms with van der Waals surface area (Å²) in [6.07, 6.45) is 0. The van der Waals surface area contributed by atoms with Gasteiger partial charge in [0.15, 0.2) is 0 Å². The van der Waals surface area contributed by atoms with E-state index in [9.17, 15) is 4.79 Å². The Morgan fingerprint density at radius 3 is 2.89 bits per heavy atom. The van der Waals surface area contributed by atoms with Gasteiger partial charge in [0, 0.05) is 9.50 Å². The molecule has 0 saturated carbocycles. The molecular formula is C13H11BrClNO3. The fourth-order valence-electron chi connectivity index (χ4n) is 1.56. The van der Waals surface area contributed by atoms with Crippen LogP contribution >= 0.6 is 27.5 Å². The van der Waals surface area contributed by atoms with Gasteiger partial charge in [-0.1, -0.05) is 11.6 Å². The van der Waals surface area contributed by atoms with Gasteiger partial charge in [0.25, 0.3) is 0 Å². The van der Waals surface area contributed by atoms with E-state index in [4.69, 9.17) is 20.8 Å². The molecule has 0 aliphatic rings. The molecule has 0 aliphatic carbocycles. The quantitative estimate of drug-likeness (QED) is 0.781. The zero-order valence-electron chi connectivity index (χ0n) is 10.4. The Kier molecular flexibility index (Phi) is 4.27. The number of aromatic nitrogens is 1. The van der Waals surface area contributed by atoms with Crippen LogP contribution in [0.15, 0.2) is 27.1 Å². The number of hydrogen-bond donors (Lipinski definition) is 0. The van der Waals surface area contributed by atoms with Crippen LogP contribution in [0, 0.1) is 6.92 Å². The molecular weight excluding hydrogens is 334 g/mol. The Hall–Kier alpha value is -1.33. The van der Waals surface area contributed by atoms with E-state index >= 15 is 0 Å². The average molecular weight is 345 g/mol. The van der Waals surface area contributed by atoms with E-state index in [2.05, 4.69) is 20.9 Å². The predicted octanol–water partition coefficient (Wildman–Crippen LogP) is 4.24. The molecule has 0 spiro atoms. The number of carbonyl (C=O) groups excluding carboxylic acids is 1. The maximum Gasteiger partial charge on any atom is 0.376 e. The van der Waals surface area contributed by atoms with E-state index in [1.165, 1.54) is 0 Å². The van der Waals surface area contributed by atoms with Crippen molar-refractivity contribution in [2.24, 2.45) is 0 Å². The Morgan fingerprint density at radius 1 is 1.53 bits per heavy atom. The van der Waals surface area contributed by atoms with E-state index in [-0.39, 0.29) is 5.76 Å². The minimum Gasteiger partial charge on any atom is -0.460 e. The molecule has 0 radical (unpaired) electrons. The minimum absolute atomic E-state index is 0.124. The van der Waals surface area contributed by atoms with Crippen molar-refractivity contribution in [1.82, 2.24) is 4.98 Å². The summed E-state index contributed by atoms with van der Waals surface area (Å²) in [4.78, 5) is 15.9. The number of nitrogens with zero attached hydrogens (tertiary/aromatic N) is 1. The van der Waals surface area contributed by atoms with Crippen molar-refractivity contribution in [1.29, 1.82) is 0 Å². The molecule has 2 aromatic rings. The third-order valence-electron chi connectivity index (χ3n) is 2.42. The van der Waals surface area contributed by atoms with Crippen LogP contribution in [0.4, 0.5) is 0 Å². The van der Waals surface area contributed by atoms with Crippen LogP contribution in [-0.4, -0.2) is 17.6 Å². The largest absolute Gasteiger partial charge is 0.460 e. The molecule has 4 nitrogen and oxygen atoms in total. The van der Waals surface area contributed by atoms with Gasteiger partial charge < -0.3 is 9.15 Å². The normalized spacial score (nSPS) is 10.5. The average Bonchev–Trinajstić information content (AvgIpc) is 2.71. The topological polar surface area (TPSA) is 52.3 Å². The van der Waals surface area contributed by atoms with Gasteiger partial charge in [0.1, 0.15) is 0 Å². The number of esters is 1. The fourth-order valence-corrected chi connectivity index (χ4v) is 2.41. The number of benzene rings is 1. The molecule has 0 saturated heterocycles. The first-order chi connectivity index (χ1) is 9.02. The number of ether oxygens (including phenoxy) is 1. The maximum atomic E-state index is 11.7. The number of aryl methyl sites for hydroxylation is 1. The van der Waals surface area contributed by atoms with Crippen molar-refractivity contribution in [2.45, 2.75) is 13.8 Å². The van der Waals surface area contributed by atoms with Crippen molar-refractivity contribution in [3.8, 4) is 11.5 Å². The summed E-state index contributed by atoms with van der Waals surface area (Å²) in [5, 5.41) is 0.601. The molecule has 100 valence electrons. The van der Waals surface area contributed by atoms with E-state index < -0.39 is 5.97 Å². The molecule has 0 aliphatic heterocycles. The van der Waals surface area contributed by atoms with Gasteiger partial charge in [0.05, 0.1) is 17.9 Å². The van der Waals surface area contributed by atoms with Gasteiger partial charge in [-0.3, -0.25) is 0 Å². The van der Waals surface area contributed by atoms with Gasteiger partial charge in [-0.25, -0.2) is 9.78 Å². The summed E-state index contributed by atoms with van der Waals surface area (Å²) in [6, 6.07) is 5.23. The minimum atomic E-state index is -0.510. The smallest absolute Gasteiger partial charge is 0.376 e. The van der Waals surface area contributed by atoms with E-state index in [0.717, 1.165) is 10.0 Å². The Labute approximate surface area is 123 Å². The zero-order valence-corrected chi connectivity index (χ0v) is 12.7. The third-order valence-corrected chi connectivity index (χ3v) is 3.31. The lowest BCUT2D eigenvalue weighted by Gasteiger charge is -2.00. The SMILES string of the molecule is CCOC(=O)c1oc(-c2ccc(Cl)cc2Br)nc1C. The van der Waals surface area contributed by atoms with E-state index in [1.807, 2.05) is 0 Å². The summed E-state index contributed by atoms with van der Waals surface area (Å²) in [7, 11) is 0. The third kappa shape index (κ3) is 2.98. The van der Waals surface area contributed by atoms with Gasteiger partial charge in [-0.2, -0.15) is 0 Å². The molecule has 0 bridgehead atoms. The van der Waals surface area contributed by atoms with E-state index in [1.54, 1.807) is 32.0 Å². The molecule has 0 unspecified atom stereocenters. The van der Waals surface area contributed by atoms with Crippen molar-refractivity contribution >= 4 is 33.5 Å². The summed E-state index contributed by atoms with van der Waals surface area (Å²) in [5.74, 6) is -0.0355. The molecule has 0 fully saturated rings. The first-order valence-corrected chi connectivity index (χ1v) is 6.80. The van der Waals surface area contributed by atoms with Crippen LogP contribution in [0.5, 0.6) is 0 Å². The number of carbonyl (C=O) groups is 1. The molecule has 0 N–H and O–H groups in total. The van der Waals surface area contributed by atoms with E-state index in [0.29, 0.717) is 23.2 Å². The molecule has 19 heavy (non-hydrogen) atoms. The fraction of sp³-hybridized carbons (Fsp3) is 0.231. The van der Waals surface area contributed by atoms with Crippen LogP contribution in [0.1, 0.15) is 23.2 Å². The summed E-state index contributed by atoms with van der Waals surface area (Å²) < 4.78 is 11.1. The second-order valence-electron chi connectivity index (χ2n) is 3.78. The van der Waals surface area contributed by atoms with Crippen molar-refractivity contribution in [3.63, 3.8) is 0 Å². The van der Waals surface area contributed by atoms with Gasteiger partial charge in [-0.05, 0) is 48.0 Å². The van der Waals surface area contributed by atoms with Crippen LogP contribution in [0.3, 0.4) is 0 Å². The summed E-state index contributed by atoms with van der Waals surface area (Å²) in [6.45, 7) is 3.72. The summed E-state index contributed by atoms with van der Waals surface area (Å²) in [5.41, 5.74) is 1.22. The Bertz CT molecular complexity index is 624. The zero-order chi connectivity index (χ0) is 14.0. The monoisotopic (exact) mass is 343 g/mol. The lowest BCUT2D eigenvalue weighted by molar-refractivity contribution is 0.0490. The Balaban J connectivity index is 2.42. The second-order valence-corrected chi connectivity index (χ2v) is 5.07. The Morgan fingerprint density at radius 2 is 2.26 bits per heavy atom. The van der Waals surface area contributed by atoms with Crippen LogP contribution in [0.25, 0.3) is 11.5 Å². The van der Waals surface area contributed by atoms with Crippen molar-refractivity contribution in [2.75, 3.05) is 6.61 Å². The molecule has 2 rings (SSSR count). The molecule has 1 heterocycles. The maximum absolute atomic E-state index is 11.7. The first-order valence-electron chi connectivity index (χ1n) is 5.63. The van der Waals surface area contributed by atoms with Crippen molar-refractivity contribution < 1.29 is 13.9 Å². The lowest BCUT2D eigenvalue weighted by Crippen LogP contribution is -2.04.